The van der Waals surface area contributed by atoms with Gasteiger partial charge in [-0.1, -0.05) is 0 Å². The third kappa shape index (κ3) is 5.52. The lowest BCUT2D eigenvalue weighted by molar-refractivity contribution is -0.0662. The van der Waals surface area contributed by atoms with E-state index in [1.165, 1.54) is 14.1 Å². The maximum absolute atomic E-state index is 13.9. The Labute approximate surface area is 169 Å². The first kappa shape index (κ1) is 21.7. The number of hydrogen-bond donors (Lipinski definition) is 1. The summed E-state index contributed by atoms with van der Waals surface area (Å²) < 4.78 is 63.2. The molecule has 0 amide bonds. The second-order valence-corrected chi connectivity index (χ2v) is 9.55. The number of benzene rings is 1. The third-order valence-electron chi connectivity index (χ3n) is 5.01. The molecule has 0 unspecified atom stereocenters. The van der Waals surface area contributed by atoms with Gasteiger partial charge in [-0.2, -0.15) is 22.5 Å². The van der Waals surface area contributed by atoms with E-state index in [0.717, 1.165) is 15.6 Å². The Hall–Kier alpha value is -2.04. The van der Waals surface area contributed by atoms with Crippen LogP contribution in [-0.4, -0.2) is 55.2 Å². The number of rotatable bonds is 7. The summed E-state index contributed by atoms with van der Waals surface area (Å²) in [6, 6.07) is 6.53. The van der Waals surface area contributed by atoms with E-state index in [1.807, 2.05) is 25.3 Å². The fourth-order valence-corrected chi connectivity index (χ4v) is 4.21. The normalized spacial score (nSPS) is 22.0. The van der Waals surface area contributed by atoms with E-state index in [1.54, 1.807) is 23.0 Å². The van der Waals surface area contributed by atoms with Crippen LogP contribution in [0.25, 0.3) is 5.69 Å². The van der Waals surface area contributed by atoms with Crippen molar-refractivity contribution < 1.29 is 21.9 Å². The number of hydrogen-bond acceptors (Lipinski definition) is 4. The molecule has 1 fully saturated rings. The van der Waals surface area contributed by atoms with E-state index in [9.17, 15) is 17.2 Å². The summed E-state index contributed by atoms with van der Waals surface area (Å²) in [5.41, 5.74) is 1.89. The highest BCUT2D eigenvalue weighted by molar-refractivity contribution is 7.87. The molecule has 1 aliphatic rings. The first-order valence-electron chi connectivity index (χ1n) is 9.38. The van der Waals surface area contributed by atoms with Crippen molar-refractivity contribution in [3.63, 3.8) is 0 Å². The van der Waals surface area contributed by atoms with E-state index in [4.69, 9.17) is 4.74 Å². The molecule has 0 spiro atoms. The molecule has 29 heavy (non-hydrogen) atoms. The number of ether oxygens (including phenoxy) is 1. The summed E-state index contributed by atoms with van der Waals surface area (Å²) in [6.45, 7) is 1.94. The van der Waals surface area contributed by atoms with Gasteiger partial charge in [0.25, 0.3) is 10.2 Å². The van der Waals surface area contributed by atoms with Crippen molar-refractivity contribution in [3.05, 3.63) is 42.2 Å². The van der Waals surface area contributed by atoms with Crippen LogP contribution < -0.4 is 9.46 Å². The van der Waals surface area contributed by atoms with Crippen LogP contribution in [0.3, 0.4) is 0 Å². The minimum absolute atomic E-state index is 0.00354. The van der Waals surface area contributed by atoms with Crippen LogP contribution in [0.5, 0.6) is 5.75 Å². The Morgan fingerprint density at radius 3 is 2.59 bits per heavy atom. The Morgan fingerprint density at radius 1 is 1.31 bits per heavy atom. The fourth-order valence-electron chi connectivity index (χ4n) is 3.31. The second kappa shape index (κ2) is 8.37. The largest absolute Gasteiger partial charge is 0.493 e. The predicted octanol–water partition coefficient (Wildman–Crippen LogP) is 2.76. The van der Waals surface area contributed by atoms with Crippen molar-refractivity contribution in [1.82, 2.24) is 18.8 Å². The van der Waals surface area contributed by atoms with Crippen molar-refractivity contribution in [2.24, 2.45) is 5.92 Å². The summed E-state index contributed by atoms with van der Waals surface area (Å²) in [4.78, 5) is 0. The number of halogens is 2. The number of nitrogens with zero attached hydrogens (tertiary/aromatic N) is 3. The molecule has 2 aromatic rings. The van der Waals surface area contributed by atoms with Crippen molar-refractivity contribution in [1.29, 1.82) is 0 Å². The Morgan fingerprint density at radius 2 is 2.00 bits per heavy atom. The van der Waals surface area contributed by atoms with E-state index >= 15 is 0 Å². The fraction of sp³-hybridized carbons (Fsp3) is 0.526. The second-order valence-electron chi connectivity index (χ2n) is 7.64. The quantitative estimate of drug-likeness (QED) is 0.736. The Balaban J connectivity index is 1.67. The van der Waals surface area contributed by atoms with E-state index in [-0.39, 0.29) is 19.4 Å². The first-order chi connectivity index (χ1) is 13.6. The molecule has 1 aromatic carbocycles. The molecule has 1 aromatic heterocycles. The zero-order valence-electron chi connectivity index (χ0n) is 16.7. The van der Waals surface area contributed by atoms with Gasteiger partial charge in [-0.3, -0.25) is 0 Å². The van der Waals surface area contributed by atoms with Crippen molar-refractivity contribution >= 4 is 10.2 Å². The zero-order chi connectivity index (χ0) is 21.2. The van der Waals surface area contributed by atoms with Crippen LogP contribution in [0.1, 0.15) is 24.8 Å². The topological polar surface area (TPSA) is 76.5 Å². The van der Waals surface area contributed by atoms with Gasteiger partial charge >= 0.3 is 0 Å². The van der Waals surface area contributed by atoms with Crippen LogP contribution in [0.2, 0.25) is 0 Å². The third-order valence-corrected chi connectivity index (χ3v) is 6.57. The summed E-state index contributed by atoms with van der Waals surface area (Å²) in [5.74, 6) is -2.93. The molecule has 10 heteroatoms. The van der Waals surface area contributed by atoms with E-state index in [2.05, 4.69) is 9.82 Å². The smallest absolute Gasteiger partial charge is 0.279 e. The maximum Gasteiger partial charge on any atom is 0.279 e. The molecule has 160 valence electrons. The molecule has 0 radical (unpaired) electrons. The minimum atomic E-state index is -3.71. The first-order valence-corrected chi connectivity index (χ1v) is 10.8. The summed E-state index contributed by atoms with van der Waals surface area (Å²) >= 11 is 0. The van der Waals surface area contributed by atoms with Crippen molar-refractivity contribution in [3.8, 4) is 11.4 Å². The average molecular weight is 429 g/mol. The van der Waals surface area contributed by atoms with Crippen molar-refractivity contribution in [2.45, 2.75) is 38.2 Å². The predicted molar refractivity (Wildman–Crippen MR) is 106 cm³/mol. The summed E-state index contributed by atoms with van der Waals surface area (Å²) in [6.07, 6.45) is 2.94. The SMILES string of the molecule is Cc1cnn(-c2ccc(OC[C@H]3CC(F)(F)CC[C@@H]3NS(=O)(=O)N(C)C)cc2)c1. The van der Waals surface area contributed by atoms with Crippen LogP contribution in [0, 0.1) is 12.8 Å². The lowest BCUT2D eigenvalue weighted by Crippen LogP contribution is -2.51. The minimum Gasteiger partial charge on any atom is -0.493 e. The van der Waals surface area contributed by atoms with Gasteiger partial charge in [0.05, 0.1) is 18.5 Å². The monoisotopic (exact) mass is 428 g/mol. The number of aryl methyl sites for hydroxylation is 1. The molecule has 2 atom stereocenters. The van der Waals surface area contributed by atoms with Crippen LogP contribution in [-0.2, 0) is 10.2 Å². The molecule has 0 saturated heterocycles. The van der Waals surface area contributed by atoms with Gasteiger partial charge in [-0.15, -0.1) is 0 Å². The Kier molecular flexibility index (Phi) is 6.25. The summed E-state index contributed by atoms with van der Waals surface area (Å²) in [5, 5.41) is 4.23. The molecule has 1 aliphatic carbocycles. The number of aromatic nitrogens is 2. The number of nitrogens with one attached hydrogen (secondary N) is 1. The zero-order valence-corrected chi connectivity index (χ0v) is 17.5. The summed E-state index contributed by atoms with van der Waals surface area (Å²) in [7, 11) is -0.919. The Bertz CT molecular complexity index is 929. The molecule has 3 rings (SSSR count). The van der Waals surface area contributed by atoms with Crippen molar-refractivity contribution in [2.75, 3.05) is 20.7 Å². The standard InChI is InChI=1S/C19H26F2N4O3S/c1-14-11-22-25(12-14)16-4-6-17(7-5-16)28-13-15-10-19(20,21)9-8-18(15)23-29(26,27)24(2)3/h4-7,11-12,15,18,23H,8-10,13H2,1-3H3/t15-,18+/m1/s1. The highest BCUT2D eigenvalue weighted by Crippen LogP contribution is 2.37. The van der Waals surface area contributed by atoms with E-state index < -0.39 is 34.5 Å². The number of alkyl halides is 2. The lowest BCUT2D eigenvalue weighted by atomic mass is 9.83. The molecule has 0 bridgehead atoms. The molecule has 1 heterocycles. The highest BCUT2D eigenvalue weighted by atomic mass is 32.2. The molecular formula is C19H26F2N4O3S. The average Bonchev–Trinajstić information content (AvgIpc) is 3.08. The van der Waals surface area contributed by atoms with Crippen LogP contribution in [0.15, 0.2) is 36.7 Å². The van der Waals surface area contributed by atoms with Crippen LogP contribution >= 0.6 is 0 Å². The van der Waals surface area contributed by atoms with Gasteiger partial charge in [-0.05, 0) is 43.2 Å². The van der Waals surface area contributed by atoms with Gasteiger partial charge in [-0.25, -0.2) is 13.5 Å². The molecule has 1 N–H and O–H groups in total. The highest BCUT2D eigenvalue weighted by Gasteiger charge is 2.43. The van der Waals surface area contributed by atoms with Gasteiger partial charge < -0.3 is 4.74 Å². The molecule has 7 nitrogen and oxygen atoms in total. The molecule has 0 aliphatic heterocycles. The van der Waals surface area contributed by atoms with Gasteiger partial charge in [0.15, 0.2) is 0 Å². The molecular weight excluding hydrogens is 402 g/mol. The van der Waals surface area contributed by atoms with Gasteiger partial charge in [0, 0.05) is 45.1 Å². The van der Waals surface area contributed by atoms with Gasteiger partial charge in [0.2, 0.25) is 5.92 Å². The van der Waals surface area contributed by atoms with Crippen LogP contribution in [0.4, 0.5) is 8.78 Å². The van der Waals surface area contributed by atoms with Gasteiger partial charge in [0.1, 0.15) is 5.75 Å². The lowest BCUT2D eigenvalue weighted by Gasteiger charge is -2.36. The maximum atomic E-state index is 13.9. The van der Waals surface area contributed by atoms with E-state index in [0.29, 0.717) is 5.75 Å². The molecule has 1 saturated carbocycles.